The van der Waals surface area contributed by atoms with Gasteiger partial charge in [-0.15, -0.1) is 0 Å². The monoisotopic (exact) mass is 292 g/mol. The zero-order chi connectivity index (χ0) is 15.4. The maximum Gasteiger partial charge on any atom is 0.152 e. The Balaban J connectivity index is 1.78. The van der Waals surface area contributed by atoms with Crippen molar-refractivity contribution in [1.82, 2.24) is 9.78 Å². The molecule has 0 bridgehead atoms. The van der Waals surface area contributed by atoms with E-state index in [9.17, 15) is 4.39 Å². The van der Waals surface area contributed by atoms with Crippen LogP contribution in [0.25, 0.3) is 0 Å². The van der Waals surface area contributed by atoms with Crippen LogP contribution in [0.3, 0.4) is 0 Å². The summed E-state index contributed by atoms with van der Waals surface area (Å²) in [5.74, 6) is 0.0225. The second kappa shape index (κ2) is 6.10. The summed E-state index contributed by atoms with van der Waals surface area (Å²) >= 11 is 0. The molecule has 0 fully saturated rings. The molecular formula is C17H13FN4. The average Bonchev–Trinajstić information content (AvgIpc) is 2.96. The molecule has 1 N–H and O–H groups in total. The Hall–Kier alpha value is -3.13. The zero-order valence-corrected chi connectivity index (χ0v) is 11.7. The average molecular weight is 292 g/mol. The van der Waals surface area contributed by atoms with E-state index in [1.54, 1.807) is 22.9 Å². The van der Waals surface area contributed by atoms with E-state index in [4.69, 9.17) is 5.26 Å². The predicted molar refractivity (Wildman–Crippen MR) is 82.2 cm³/mol. The Bertz CT molecular complexity index is 818. The predicted octanol–water partition coefficient (Wildman–Crippen LogP) is 3.69. The van der Waals surface area contributed by atoms with E-state index in [0.717, 1.165) is 5.56 Å². The number of hydrogen-bond acceptors (Lipinski definition) is 3. The van der Waals surface area contributed by atoms with Crippen molar-refractivity contribution >= 4 is 11.5 Å². The number of anilines is 2. The van der Waals surface area contributed by atoms with Gasteiger partial charge in [0.05, 0.1) is 12.2 Å². The molecule has 3 rings (SSSR count). The van der Waals surface area contributed by atoms with Crippen molar-refractivity contribution in [1.29, 1.82) is 5.26 Å². The summed E-state index contributed by atoms with van der Waals surface area (Å²) in [5.41, 5.74) is 1.54. The van der Waals surface area contributed by atoms with Crippen LogP contribution in [0.5, 0.6) is 0 Å². The third-order valence-corrected chi connectivity index (χ3v) is 3.22. The van der Waals surface area contributed by atoms with Gasteiger partial charge in [-0.05, 0) is 17.7 Å². The highest BCUT2D eigenvalue weighted by Gasteiger charge is 2.09. The van der Waals surface area contributed by atoms with Gasteiger partial charge in [0, 0.05) is 12.3 Å². The van der Waals surface area contributed by atoms with Gasteiger partial charge in [-0.1, -0.05) is 36.4 Å². The highest BCUT2D eigenvalue weighted by Crippen LogP contribution is 2.21. The maximum atomic E-state index is 13.6. The quantitative estimate of drug-likeness (QED) is 0.798. The highest BCUT2D eigenvalue weighted by atomic mass is 19.1. The van der Waals surface area contributed by atoms with E-state index in [2.05, 4.69) is 10.4 Å². The lowest BCUT2D eigenvalue weighted by molar-refractivity contribution is 0.624. The summed E-state index contributed by atoms with van der Waals surface area (Å²) in [4.78, 5) is 0. The summed E-state index contributed by atoms with van der Waals surface area (Å²) in [6.07, 6.45) is 1.83. The first kappa shape index (κ1) is 13.8. The molecule has 1 heterocycles. The Labute approximate surface area is 127 Å². The number of rotatable bonds is 4. The first-order valence-corrected chi connectivity index (χ1v) is 6.79. The van der Waals surface area contributed by atoms with E-state index in [-0.39, 0.29) is 5.56 Å². The number of nitrogens with zero attached hydrogens (tertiary/aromatic N) is 3. The molecule has 0 saturated carbocycles. The van der Waals surface area contributed by atoms with E-state index < -0.39 is 5.82 Å². The SMILES string of the molecule is N#Cc1c(F)cccc1Nc1ccn(Cc2ccccc2)n1. The van der Waals surface area contributed by atoms with Gasteiger partial charge in [0.15, 0.2) is 5.82 Å². The fraction of sp³-hybridized carbons (Fsp3) is 0.0588. The molecule has 108 valence electrons. The number of hydrogen-bond donors (Lipinski definition) is 1. The minimum Gasteiger partial charge on any atom is -0.338 e. The molecule has 0 radical (unpaired) electrons. The minimum atomic E-state index is -0.545. The van der Waals surface area contributed by atoms with Crippen molar-refractivity contribution in [2.45, 2.75) is 6.54 Å². The van der Waals surface area contributed by atoms with Crippen molar-refractivity contribution < 1.29 is 4.39 Å². The molecule has 4 nitrogen and oxygen atoms in total. The summed E-state index contributed by atoms with van der Waals surface area (Å²) < 4.78 is 15.3. The van der Waals surface area contributed by atoms with Gasteiger partial charge in [-0.25, -0.2) is 4.39 Å². The van der Waals surface area contributed by atoms with Crippen LogP contribution in [0.15, 0.2) is 60.8 Å². The summed E-state index contributed by atoms with van der Waals surface area (Å²) in [5, 5.41) is 16.4. The lowest BCUT2D eigenvalue weighted by Gasteiger charge is -2.06. The molecule has 0 unspecified atom stereocenters. The number of aromatic nitrogens is 2. The van der Waals surface area contributed by atoms with Crippen molar-refractivity contribution in [2.24, 2.45) is 0 Å². The van der Waals surface area contributed by atoms with Gasteiger partial charge in [0.25, 0.3) is 0 Å². The molecule has 3 aromatic rings. The fourth-order valence-electron chi connectivity index (χ4n) is 2.17. The topological polar surface area (TPSA) is 53.6 Å². The Morgan fingerprint density at radius 3 is 2.68 bits per heavy atom. The molecule has 5 heteroatoms. The van der Waals surface area contributed by atoms with E-state index in [0.29, 0.717) is 18.1 Å². The minimum absolute atomic E-state index is 0.0138. The van der Waals surface area contributed by atoms with E-state index >= 15 is 0 Å². The van der Waals surface area contributed by atoms with Crippen LogP contribution in [-0.4, -0.2) is 9.78 Å². The number of nitrogens with one attached hydrogen (secondary N) is 1. The van der Waals surface area contributed by atoms with Crippen LogP contribution in [0, 0.1) is 17.1 Å². The maximum absolute atomic E-state index is 13.6. The lowest BCUT2D eigenvalue weighted by atomic mass is 10.2. The molecule has 0 atom stereocenters. The van der Waals surface area contributed by atoms with Gasteiger partial charge in [-0.3, -0.25) is 4.68 Å². The van der Waals surface area contributed by atoms with Crippen molar-refractivity contribution in [3.8, 4) is 6.07 Å². The molecular weight excluding hydrogens is 279 g/mol. The number of benzene rings is 2. The van der Waals surface area contributed by atoms with Crippen LogP contribution in [0.2, 0.25) is 0 Å². The van der Waals surface area contributed by atoms with E-state index in [1.807, 2.05) is 42.6 Å². The zero-order valence-electron chi connectivity index (χ0n) is 11.7. The largest absolute Gasteiger partial charge is 0.338 e. The second-order valence-corrected chi connectivity index (χ2v) is 4.78. The van der Waals surface area contributed by atoms with Gasteiger partial charge in [-0.2, -0.15) is 10.4 Å². The lowest BCUT2D eigenvalue weighted by Crippen LogP contribution is -2.02. The molecule has 2 aromatic carbocycles. The summed E-state index contributed by atoms with van der Waals surface area (Å²) in [6.45, 7) is 0.650. The first-order chi connectivity index (χ1) is 10.8. The smallest absolute Gasteiger partial charge is 0.152 e. The van der Waals surface area contributed by atoms with Gasteiger partial charge >= 0.3 is 0 Å². The third-order valence-electron chi connectivity index (χ3n) is 3.22. The van der Waals surface area contributed by atoms with Crippen molar-refractivity contribution in [3.63, 3.8) is 0 Å². The van der Waals surface area contributed by atoms with Crippen LogP contribution in [-0.2, 0) is 6.54 Å². The normalized spacial score (nSPS) is 10.2. The van der Waals surface area contributed by atoms with E-state index in [1.165, 1.54) is 6.07 Å². The third kappa shape index (κ3) is 2.96. The molecule has 1 aromatic heterocycles. The van der Waals surface area contributed by atoms with Crippen LogP contribution >= 0.6 is 0 Å². The molecule has 0 saturated heterocycles. The van der Waals surface area contributed by atoms with Crippen molar-refractivity contribution in [3.05, 3.63) is 77.7 Å². The highest BCUT2D eigenvalue weighted by molar-refractivity contribution is 5.64. The molecule has 0 spiro atoms. The molecule has 0 amide bonds. The molecule has 0 aliphatic rings. The summed E-state index contributed by atoms with van der Waals surface area (Å²) in [7, 11) is 0. The Morgan fingerprint density at radius 1 is 1.09 bits per heavy atom. The van der Waals surface area contributed by atoms with Gasteiger partial charge in [0.1, 0.15) is 17.4 Å². The fourth-order valence-corrected chi connectivity index (χ4v) is 2.17. The van der Waals surface area contributed by atoms with Crippen LogP contribution < -0.4 is 5.32 Å². The van der Waals surface area contributed by atoms with Crippen LogP contribution in [0.4, 0.5) is 15.9 Å². The van der Waals surface area contributed by atoms with Gasteiger partial charge < -0.3 is 5.32 Å². The standard InChI is InChI=1S/C17H13FN4/c18-15-7-4-8-16(14(15)11-19)20-17-9-10-22(21-17)12-13-5-2-1-3-6-13/h1-10H,12H2,(H,20,21). The Kier molecular flexibility index (Phi) is 3.84. The Morgan fingerprint density at radius 2 is 1.91 bits per heavy atom. The molecule has 0 aliphatic carbocycles. The second-order valence-electron chi connectivity index (χ2n) is 4.78. The molecule has 22 heavy (non-hydrogen) atoms. The molecule has 0 aliphatic heterocycles. The van der Waals surface area contributed by atoms with Crippen LogP contribution in [0.1, 0.15) is 11.1 Å². The number of nitriles is 1. The first-order valence-electron chi connectivity index (χ1n) is 6.79. The summed E-state index contributed by atoms with van der Waals surface area (Å²) in [6, 6.07) is 18.1. The van der Waals surface area contributed by atoms with Crippen molar-refractivity contribution in [2.75, 3.05) is 5.32 Å². The van der Waals surface area contributed by atoms with Gasteiger partial charge in [0.2, 0.25) is 0 Å². The number of halogens is 1.